The molecular weight excluding hydrogens is 294 g/mol. The lowest BCUT2D eigenvalue weighted by Crippen LogP contribution is -2.42. The summed E-state index contributed by atoms with van der Waals surface area (Å²) in [6.07, 6.45) is 5.60. The van der Waals surface area contributed by atoms with Crippen LogP contribution >= 0.6 is 0 Å². The van der Waals surface area contributed by atoms with Crippen LogP contribution in [-0.4, -0.2) is 33.6 Å². The van der Waals surface area contributed by atoms with Crippen LogP contribution in [0.3, 0.4) is 0 Å². The predicted molar refractivity (Wildman–Crippen MR) is 86.3 cm³/mol. The second-order valence-corrected chi connectivity index (χ2v) is 5.29. The van der Waals surface area contributed by atoms with E-state index in [0.717, 1.165) is 6.42 Å². The van der Waals surface area contributed by atoms with E-state index in [1.165, 1.54) is 0 Å². The van der Waals surface area contributed by atoms with E-state index in [2.05, 4.69) is 15.3 Å². The lowest BCUT2D eigenvalue weighted by atomic mass is 9.99. The zero-order chi connectivity index (χ0) is 16.7. The van der Waals surface area contributed by atoms with Gasteiger partial charge in [-0.3, -0.25) is 9.78 Å². The Morgan fingerprint density at radius 3 is 2.78 bits per heavy atom. The first kappa shape index (κ1) is 16.9. The molecule has 0 saturated carbocycles. The number of ether oxygens (including phenoxy) is 1. The van der Waals surface area contributed by atoms with Gasteiger partial charge in [0, 0.05) is 12.4 Å². The minimum atomic E-state index is -0.323. The zero-order valence-corrected chi connectivity index (χ0v) is 13.3. The Balaban J connectivity index is 2.17. The van der Waals surface area contributed by atoms with Crippen LogP contribution in [0.25, 0.3) is 0 Å². The summed E-state index contributed by atoms with van der Waals surface area (Å²) in [6, 6.07) is 6.47. The molecule has 2 rings (SSSR count). The van der Waals surface area contributed by atoms with E-state index in [1.807, 2.05) is 13.8 Å². The maximum absolute atomic E-state index is 12.5. The van der Waals surface area contributed by atoms with E-state index >= 15 is 0 Å². The number of hydrogen-bond acceptors (Lipinski definition) is 5. The van der Waals surface area contributed by atoms with Crippen LogP contribution in [0.1, 0.15) is 30.6 Å². The van der Waals surface area contributed by atoms with Crippen molar-refractivity contribution in [3.05, 3.63) is 48.4 Å². The summed E-state index contributed by atoms with van der Waals surface area (Å²) >= 11 is 0. The van der Waals surface area contributed by atoms with Crippen LogP contribution < -0.4 is 10.1 Å². The Bertz CT molecular complexity index is 634. The molecule has 0 fully saturated rings. The SMILES string of the molecule is CCC(C)[C@@H](CO)NC(=O)c1cccnc1Oc1cccnc1. The van der Waals surface area contributed by atoms with Crippen molar-refractivity contribution in [2.24, 2.45) is 5.92 Å². The van der Waals surface area contributed by atoms with Crippen molar-refractivity contribution in [1.29, 1.82) is 0 Å². The van der Waals surface area contributed by atoms with E-state index in [-0.39, 0.29) is 30.4 Å². The molecule has 6 nitrogen and oxygen atoms in total. The number of hydrogen-bond donors (Lipinski definition) is 2. The van der Waals surface area contributed by atoms with Gasteiger partial charge in [0.2, 0.25) is 5.88 Å². The quantitative estimate of drug-likeness (QED) is 0.819. The maximum Gasteiger partial charge on any atom is 0.257 e. The molecule has 6 heteroatoms. The number of carbonyl (C=O) groups is 1. The van der Waals surface area contributed by atoms with E-state index < -0.39 is 0 Å². The molecule has 2 aromatic heterocycles. The summed E-state index contributed by atoms with van der Waals surface area (Å²) in [4.78, 5) is 20.6. The summed E-state index contributed by atoms with van der Waals surface area (Å²) < 4.78 is 5.64. The summed E-state index contributed by atoms with van der Waals surface area (Å²) in [7, 11) is 0. The minimum Gasteiger partial charge on any atom is -0.437 e. The van der Waals surface area contributed by atoms with Gasteiger partial charge in [-0.2, -0.15) is 0 Å². The van der Waals surface area contributed by atoms with E-state index in [0.29, 0.717) is 11.3 Å². The third-order valence-electron chi connectivity index (χ3n) is 3.71. The van der Waals surface area contributed by atoms with Crippen molar-refractivity contribution in [3.8, 4) is 11.6 Å². The van der Waals surface area contributed by atoms with Crippen LogP contribution in [0.4, 0.5) is 0 Å². The first-order valence-corrected chi connectivity index (χ1v) is 7.60. The Morgan fingerprint density at radius 2 is 2.13 bits per heavy atom. The number of aliphatic hydroxyl groups excluding tert-OH is 1. The highest BCUT2D eigenvalue weighted by Gasteiger charge is 2.21. The Morgan fingerprint density at radius 1 is 1.35 bits per heavy atom. The van der Waals surface area contributed by atoms with Crippen molar-refractivity contribution in [3.63, 3.8) is 0 Å². The Hall–Kier alpha value is -2.47. The molecule has 0 aliphatic carbocycles. The minimum absolute atomic E-state index is 0.111. The number of rotatable bonds is 7. The van der Waals surface area contributed by atoms with Gasteiger partial charge in [-0.05, 0) is 30.2 Å². The molecule has 0 saturated heterocycles. The van der Waals surface area contributed by atoms with Gasteiger partial charge in [-0.15, -0.1) is 0 Å². The molecule has 0 bridgehead atoms. The van der Waals surface area contributed by atoms with Gasteiger partial charge in [-0.1, -0.05) is 20.3 Å². The fourth-order valence-electron chi connectivity index (χ4n) is 2.06. The van der Waals surface area contributed by atoms with Gasteiger partial charge in [0.05, 0.1) is 18.8 Å². The van der Waals surface area contributed by atoms with Gasteiger partial charge in [-0.25, -0.2) is 4.98 Å². The average molecular weight is 315 g/mol. The van der Waals surface area contributed by atoms with Crippen molar-refractivity contribution in [1.82, 2.24) is 15.3 Å². The van der Waals surface area contributed by atoms with Gasteiger partial charge in [0.25, 0.3) is 5.91 Å². The van der Waals surface area contributed by atoms with Crippen LogP contribution in [0.15, 0.2) is 42.9 Å². The number of amides is 1. The van der Waals surface area contributed by atoms with E-state index in [9.17, 15) is 9.90 Å². The Kier molecular flexibility index (Phi) is 6.05. The summed E-state index contributed by atoms with van der Waals surface area (Å²) in [6.45, 7) is 3.89. The molecular formula is C17H21N3O3. The lowest BCUT2D eigenvalue weighted by molar-refractivity contribution is 0.0888. The first-order valence-electron chi connectivity index (χ1n) is 7.60. The fourth-order valence-corrected chi connectivity index (χ4v) is 2.06. The smallest absolute Gasteiger partial charge is 0.257 e. The van der Waals surface area contributed by atoms with Crippen molar-refractivity contribution in [2.75, 3.05) is 6.61 Å². The monoisotopic (exact) mass is 315 g/mol. The summed E-state index contributed by atoms with van der Waals surface area (Å²) in [5.41, 5.74) is 0.318. The van der Waals surface area contributed by atoms with Gasteiger partial charge in [0.1, 0.15) is 11.3 Å². The molecule has 2 heterocycles. The topological polar surface area (TPSA) is 84.3 Å². The molecule has 0 radical (unpaired) electrons. The van der Waals surface area contributed by atoms with E-state index in [1.54, 1.807) is 42.9 Å². The van der Waals surface area contributed by atoms with Crippen LogP contribution in [0.5, 0.6) is 11.6 Å². The average Bonchev–Trinajstić information content (AvgIpc) is 2.60. The van der Waals surface area contributed by atoms with Crippen LogP contribution in [0, 0.1) is 5.92 Å². The standard InChI is InChI=1S/C17H21N3O3/c1-3-12(2)15(11-21)20-16(22)14-7-5-9-19-17(14)23-13-6-4-8-18-10-13/h4-10,12,15,21H,3,11H2,1-2H3,(H,20,22)/t12?,15-/m1/s1. The fraction of sp³-hybridized carbons (Fsp3) is 0.353. The molecule has 2 N–H and O–H groups in total. The highest BCUT2D eigenvalue weighted by Crippen LogP contribution is 2.22. The van der Waals surface area contributed by atoms with Crippen LogP contribution in [-0.2, 0) is 0 Å². The molecule has 0 spiro atoms. The molecule has 0 aliphatic heterocycles. The molecule has 0 aliphatic rings. The first-order chi connectivity index (χ1) is 11.2. The molecule has 1 unspecified atom stereocenters. The summed E-state index contributed by atoms with van der Waals surface area (Å²) in [5.74, 6) is 0.555. The van der Waals surface area contributed by atoms with Crippen molar-refractivity contribution < 1.29 is 14.6 Å². The third-order valence-corrected chi connectivity index (χ3v) is 3.71. The van der Waals surface area contributed by atoms with Gasteiger partial charge < -0.3 is 15.2 Å². The van der Waals surface area contributed by atoms with Gasteiger partial charge in [0.15, 0.2) is 0 Å². The molecule has 1 amide bonds. The number of aliphatic hydroxyl groups is 1. The third kappa shape index (κ3) is 4.50. The largest absolute Gasteiger partial charge is 0.437 e. The van der Waals surface area contributed by atoms with Crippen LogP contribution in [0.2, 0.25) is 0 Å². The molecule has 2 aromatic rings. The number of pyridine rings is 2. The number of nitrogens with one attached hydrogen (secondary N) is 1. The Labute approximate surface area is 135 Å². The second-order valence-electron chi connectivity index (χ2n) is 5.29. The lowest BCUT2D eigenvalue weighted by Gasteiger charge is -2.22. The predicted octanol–water partition coefficient (Wildman–Crippen LogP) is 2.41. The van der Waals surface area contributed by atoms with Crippen molar-refractivity contribution >= 4 is 5.91 Å². The molecule has 23 heavy (non-hydrogen) atoms. The van der Waals surface area contributed by atoms with Crippen molar-refractivity contribution in [2.45, 2.75) is 26.3 Å². The van der Waals surface area contributed by atoms with Gasteiger partial charge >= 0.3 is 0 Å². The molecule has 122 valence electrons. The normalized spacial score (nSPS) is 13.2. The molecule has 2 atom stereocenters. The second kappa shape index (κ2) is 8.24. The number of nitrogens with zero attached hydrogens (tertiary/aromatic N) is 2. The highest BCUT2D eigenvalue weighted by molar-refractivity contribution is 5.96. The zero-order valence-electron chi connectivity index (χ0n) is 13.3. The maximum atomic E-state index is 12.5. The number of aromatic nitrogens is 2. The number of carbonyl (C=O) groups excluding carboxylic acids is 1. The highest BCUT2D eigenvalue weighted by atomic mass is 16.5. The molecule has 0 aromatic carbocycles. The summed E-state index contributed by atoms with van der Waals surface area (Å²) in [5, 5.41) is 12.3. The van der Waals surface area contributed by atoms with E-state index in [4.69, 9.17) is 4.74 Å².